The summed E-state index contributed by atoms with van der Waals surface area (Å²) in [6.07, 6.45) is 2.61. The molecule has 2 aromatic carbocycles. The second-order valence-corrected chi connectivity index (χ2v) is 6.79. The molecule has 2 aromatic rings. The van der Waals surface area contributed by atoms with Crippen LogP contribution in [0.3, 0.4) is 0 Å². The van der Waals surface area contributed by atoms with Crippen molar-refractivity contribution in [3.63, 3.8) is 0 Å². The van der Waals surface area contributed by atoms with E-state index in [1.54, 1.807) is 0 Å². The summed E-state index contributed by atoms with van der Waals surface area (Å²) in [6, 6.07) is 13.7. The van der Waals surface area contributed by atoms with Crippen LogP contribution in [-0.4, -0.2) is 25.9 Å². The summed E-state index contributed by atoms with van der Waals surface area (Å²) in [5.74, 6) is 1.57. The minimum absolute atomic E-state index is 0.323. The minimum Gasteiger partial charge on any atom is -0.490 e. The molecule has 0 aromatic heterocycles. The van der Waals surface area contributed by atoms with Gasteiger partial charge in [0.25, 0.3) is 0 Å². The fraction of sp³-hybridized carbons (Fsp3) is 0.429. The van der Waals surface area contributed by atoms with Gasteiger partial charge in [-0.3, -0.25) is 0 Å². The maximum absolute atomic E-state index is 6.13. The van der Waals surface area contributed by atoms with Gasteiger partial charge in [0.2, 0.25) is 0 Å². The van der Waals surface area contributed by atoms with Gasteiger partial charge in [-0.1, -0.05) is 35.9 Å². The van der Waals surface area contributed by atoms with E-state index < -0.39 is 0 Å². The molecular formula is C21H26ClNO3. The molecule has 0 radical (unpaired) electrons. The molecule has 1 aliphatic heterocycles. The average molecular weight is 376 g/mol. The minimum atomic E-state index is 0.323. The maximum atomic E-state index is 6.13. The lowest BCUT2D eigenvalue weighted by molar-refractivity contribution is 0.110. The van der Waals surface area contributed by atoms with Gasteiger partial charge in [0.1, 0.15) is 6.61 Å². The SMILES string of the molecule is CCOc1cccc(CNCC2CCCO2)c1OCc1ccc(Cl)cc1. The number of hydrogen-bond donors (Lipinski definition) is 1. The van der Waals surface area contributed by atoms with Crippen LogP contribution in [0.1, 0.15) is 30.9 Å². The zero-order chi connectivity index (χ0) is 18.2. The van der Waals surface area contributed by atoms with Crippen molar-refractivity contribution >= 4 is 11.6 Å². The first-order chi connectivity index (χ1) is 12.8. The standard InChI is InChI=1S/C21H26ClNO3/c1-2-24-20-7-3-5-17(13-23-14-19-6-4-12-25-19)21(20)26-15-16-8-10-18(22)11-9-16/h3,5,7-11,19,23H,2,4,6,12-15H2,1H3. The Balaban J connectivity index is 1.66. The first-order valence-corrected chi connectivity index (χ1v) is 9.58. The number of nitrogens with one attached hydrogen (secondary N) is 1. The van der Waals surface area contributed by atoms with E-state index in [2.05, 4.69) is 11.4 Å². The molecule has 1 aliphatic rings. The predicted molar refractivity (Wildman–Crippen MR) is 104 cm³/mol. The van der Waals surface area contributed by atoms with E-state index in [4.69, 9.17) is 25.8 Å². The molecule has 1 saturated heterocycles. The summed E-state index contributed by atoms with van der Waals surface area (Å²) in [7, 11) is 0. The van der Waals surface area contributed by atoms with E-state index in [0.717, 1.165) is 60.2 Å². The Bertz CT molecular complexity index is 684. The van der Waals surface area contributed by atoms with Crippen LogP contribution in [0.4, 0.5) is 0 Å². The highest BCUT2D eigenvalue weighted by Gasteiger charge is 2.16. The zero-order valence-electron chi connectivity index (χ0n) is 15.2. The number of para-hydroxylation sites is 1. The van der Waals surface area contributed by atoms with Crippen LogP contribution < -0.4 is 14.8 Å². The molecule has 1 heterocycles. The summed E-state index contributed by atoms with van der Waals surface area (Å²) in [4.78, 5) is 0. The van der Waals surface area contributed by atoms with Crippen molar-refractivity contribution in [3.8, 4) is 11.5 Å². The molecule has 0 bridgehead atoms. The molecule has 0 saturated carbocycles. The summed E-state index contributed by atoms with van der Waals surface area (Å²) >= 11 is 5.95. The van der Waals surface area contributed by atoms with Gasteiger partial charge in [0.05, 0.1) is 12.7 Å². The molecule has 5 heteroatoms. The average Bonchev–Trinajstić information content (AvgIpc) is 3.16. The van der Waals surface area contributed by atoms with Crippen molar-refractivity contribution in [2.75, 3.05) is 19.8 Å². The van der Waals surface area contributed by atoms with Gasteiger partial charge in [0.15, 0.2) is 11.5 Å². The summed E-state index contributed by atoms with van der Waals surface area (Å²) < 4.78 is 17.6. The molecular weight excluding hydrogens is 350 g/mol. The van der Waals surface area contributed by atoms with Gasteiger partial charge in [-0.15, -0.1) is 0 Å². The summed E-state index contributed by atoms with van der Waals surface area (Å²) in [5.41, 5.74) is 2.15. The molecule has 1 N–H and O–H groups in total. The van der Waals surface area contributed by atoms with E-state index in [0.29, 0.717) is 19.3 Å². The van der Waals surface area contributed by atoms with Gasteiger partial charge in [-0.05, 0) is 43.5 Å². The topological polar surface area (TPSA) is 39.7 Å². The Morgan fingerprint density at radius 3 is 2.73 bits per heavy atom. The van der Waals surface area contributed by atoms with Crippen molar-refractivity contribution in [3.05, 3.63) is 58.6 Å². The highest BCUT2D eigenvalue weighted by molar-refractivity contribution is 6.30. The predicted octanol–water partition coefficient (Wildman–Crippen LogP) is 4.59. The van der Waals surface area contributed by atoms with Crippen LogP contribution in [0, 0.1) is 0 Å². The van der Waals surface area contributed by atoms with E-state index in [1.165, 1.54) is 0 Å². The lowest BCUT2D eigenvalue weighted by atomic mass is 10.1. The Kier molecular flexibility index (Phi) is 7.18. The van der Waals surface area contributed by atoms with Crippen LogP contribution in [-0.2, 0) is 17.9 Å². The fourth-order valence-electron chi connectivity index (χ4n) is 3.04. The van der Waals surface area contributed by atoms with Gasteiger partial charge in [-0.25, -0.2) is 0 Å². The Morgan fingerprint density at radius 2 is 2.00 bits per heavy atom. The van der Waals surface area contributed by atoms with E-state index >= 15 is 0 Å². The van der Waals surface area contributed by atoms with Crippen LogP contribution in [0.5, 0.6) is 11.5 Å². The number of rotatable bonds is 9. The van der Waals surface area contributed by atoms with E-state index in [1.807, 2.05) is 43.3 Å². The Morgan fingerprint density at radius 1 is 1.15 bits per heavy atom. The quantitative estimate of drug-likeness (QED) is 0.696. The summed E-state index contributed by atoms with van der Waals surface area (Å²) in [6.45, 7) is 5.50. The summed E-state index contributed by atoms with van der Waals surface area (Å²) in [5, 5.41) is 4.21. The smallest absolute Gasteiger partial charge is 0.166 e. The Hall–Kier alpha value is -1.75. The lowest BCUT2D eigenvalue weighted by Gasteiger charge is -2.17. The monoisotopic (exact) mass is 375 g/mol. The fourth-order valence-corrected chi connectivity index (χ4v) is 3.17. The van der Waals surface area contributed by atoms with Crippen molar-refractivity contribution in [1.82, 2.24) is 5.32 Å². The highest BCUT2D eigenvalue weighted by atomic mass is 35.5. The number of benzene rings is 2. The Labute approximate surface area is 160 Å². The first-order valence-electron chi connectivity index (χ1n) is 9.20. The largest absolute Gasteiger partial charge is 0.490 e. The molecule has 0 spiro atoms. The third-order valence-electron chi connectivity index (χ3n) is 4.37. The van der Waals surface area contributed by atoms with E-state index in [-0.39, 0.29) is 0 Å². The molecule has 1 atom stereocenters. The van der Waals surface area contributed by atoms with Gasteiger partial charge in [0, 0.05) is 30.3 Å². The third kappa shape index (κ3) is 5.37. The van der Waals surface area contributed by atoms with Gasteiger partial charge < -0.3 is 19.5 Å². The molecule has 1 fully saturated rings. The molecule has 1 unspecified atom stereocenters. The molecule has 4 nitrogen and oxygen atoms in total. The number of ether oxygens (including phenoxy) is 3. The van der Waals surface area contributed by atoms with Crippen LogP contribution in [0.15, 0.2) is 42.5 Å². The zero-order valence-corrected chi connectivity index (χ0v) is 15.9. The third-order valence-corrected chi connectivity index (χ3v) is 4.62. The lowest BCUT2D eigenvalue weighted by Crippen LogP contribution is -2.26. The van der Waals surface area contributed by atoms with Crippen molar-refractivity contribution in [2.24, 2.45) is 0 Å². The second-order valence-electron chi connectivity index (χ2n) is 6.36. The highest BCUT2D eigenvalue weighted by Crippen LogP contribution is 2.32. The van der Waals surface area contributed by atoms with Crippen LogP contribution >= 0.6 is 11.6 Å². The molecule has 0 aliphatic carbocycles. The normalized spacial score (nSPS) is 16.6. The number of halogens is 1. The van der Waals surface area contributed by atoms with E-state index in [9.17, 15) is 0 Å². The van der Waals surface area contributed by atoms with Crippen LogP contribution in [0.2, 0.25) is 5.02 Å². The molecule has 3 rings (SSSR count). The molecule has 0 amide bonds. The molecule has 140 valence electrons. The first kappa shape index (κ1) is 19.0. The molecule has 26 heavy (non-hydrogen) atoms. The second kappa shape index (κ2) is 9.81. The van der Waals surface area contributed by atoms with Crippen LogP contribution in [0.25, 0.3) is 0 Å². The number of hydrogen-bond acceptors (Lipinski definition) is 4. The van der Waals surface area contributed by atoms with Crippen molar-refractivity contribution in [1.29, 1.82) is 0 Å². The van der Waals surface area contributed by atoms with Crippen molar-refractivity contribution in [2.45, 2.75) is 39.0 Å². The maximum Gasteiger partial charge on any atom is 0.166 e. The van der Waals surface area contributed by atoms with Gasteiger partial charge in [-0.2, -0.15) is 0 Å². The van der Waals surface area contributed by atoms with Gasteiger partial charge >= 0.3 is 0 Å². The van der Waals surface area contributed by atoms with Crippen molar-refractivity contribution < 1.29 is 14.2 Å².